The van der Waals surface area contributed by atoms with Gasteiger partial charge in [0.1, 0.15) is 5.82 Å². The normalized spacial score (nSPS) is 17.4. The zero-order valence-electron chi connectivity index (χ0n) is 14.8. The zero-order valence-corrected chi connectivity index (χ0v) is 15.7. The number of nitrogens with zero attached hydrogens (tertiary/aromatic N) is 2. The highest BCUT2D eigenvalue weighted by molar-refractivity contribution is 7.09. The van der Waals surface area contributed by atoms with Gasteiger partial charge in [0, 0.05) is 44.0 Å². The van der Waals surface area contributed by atoms with E-state index in [4.69, 9.17) is 0 Å². The second-order valence-electron chi connectivity index (χ2n) is 6.81. The van der Waals surface area contributed by atoms with Crippen LogP contribution >= 0.6 is 11.3 Å². The van der Waals surface area contributed by atoms with Crippen molar-refractivity contribution in [3.63, 3.8) is 0 Å². The Morgan fingerprint density at radius 2 is 2.04 bits per heavy atom. The molecule has 0 aliphatic carbocycles. The Bertz CT molecular complexity index is 848. The molecule has 0 atom stereocenters. The van der Waals surface area contributed by atoms with E-state index in [0.717, 1.165) is 19.6 Å². The topological polar surface area (TPSA) is 64.7 Å². The summed E-state index contributed by atoms with van der Waals surface area (Å²) in [6.45, 7) is 3.71. The van der Waals surface area contributed by atoms with Crippen molar-refractivity contribution in [3.8, 4) is 0 Å². The van der Waals surface area contributed by atoms with Gasteiger partial charge in [0.05, 0.1) is 11.4 Å². The standard InChI is InChI=1S/C19H21FN4O2S/c20-14-10-13-3-4-17(25)22-18(13)16(11-14)21-19(26)24-7-5-23(6-8-24)12-15-2-1-9-27-15/h1-2,9-11H,3-8,12H2,(H,21,26)(H,22,25). The molecular formula is C19H21FN4O2S. The fourth-order valence-electron chi connectivity index (χ4n) is 3.48. The van der Waals surface area contributed by atoms with Crippen molar-refractivity contribution in [2.45, 2.75) is 19.4 Å². The van der Waals surface area contributed by atoms with Crippen molar-refractivity contribution >= 4 is 34.6 Å². The summed E-state index contributed by atoms with van der Waals surface area (Å²) in [5.74, 6) is -0.534. The van der Waals surface area contributed by atoms with Gasteiger partial charge in [-0.3, -0.25) is 9.69 Å². The van der Waals surface area contributed by atoms with E-state index in [9.17, 15) is 14.0 Å². The van der Waals surface area contributed by atoms with E-state index in [1.165, 1.54) is 17.0 Å². The fraction of sp³-hybridized carbons (Fsp3) is 0.368. The highest BCUT2D eigenvalue weighted by Gasteiger charge is 2.24. The van der Waals surface area contributed by atoms with Crippen LogP contribution in [0.4, 0.5) is 20.6 Å². The molecule has 3 heterocycles. The highest BCUT2D eigenvalue weighted by atomic mass is 32.1. The number of aryl methyl sites for hydroxylation is 1. The average Bonchev–Trinajstić information content (AvgIpc) is 3.16. The Morgan fingerprint density at radius 3 is 2.78 bits per heavy atom. The first-order valence-electron chi connectivity index (χ1n) is 9.01. The van der Waals surface area contributed by atoms with Crippen LogP contribution in [-0.4, -0.2) is 47.9 Å². The lowest BCUT2D eigenvalue weighted by Gasteiger charge is -2.34. The number of urea groups is 1. The number of carbonyl (C=O) groups excluding carboxylic acids is 2. The minimum atomic E-state index is -0.416. The van der Waals surface area contributed by atoms with Crippen molar-refractivity contribution in [1.29, 1.82) is 0 Å². The molecule has 2 aliphatic heterocycles. The van der Waals surface area contributed by atoms with Gasteiger partial charge in [-0.15, -0.1) is 11.3 Å². The molecule has 6 nitrogen and oxygen atoms in total. The zero-order chi connectivity index (χ0) is 18.8. The van der Waals surface area contributed by atoms with Crippen LogP contribution in [0.1, 0.15) is 16.9 Å². The number of hydrogen-bond donors (Lipinski definition) is 2. The Morgan fingerprint density at radius 1 is 1.22 bits per heavy atom. The van der Waals surface area contributed by atoms with Gasteiger partial charge in [0.2, 0.25) is 5.91 Å². The van der Waals surface area contributed by atoms with Crippen LogP contribution in [0, 0.1) is 5.82 Å². The van der Waals surface area contributed by atoms with Crippen LogP contribution in [0.25, 0.3) is 0 Å². The molecule has 4 rings (SSSR count). The summed E-state index contributed by atoms with van der Waals surface area (Å²) in [4.78, 5) is 29.7. The lowest BCUT2D eigenvalue weighted by Crippen LogP contribution is -2.49. The third-order valence-corrected chi connectivity index (χ3v) is 5.79. The van der Waals surface area contributed by atoms with E-state index in [1.54, 1.807) is 16.2 Å². The Kier molecular flexibility index (Phi) is 5.09. The molecule has 2 aliphatic rings. The van der Waals surface area contributed by atoms with Gasteiger partial charge in [0.15, 0.2) is 0 Å². The van der Waals surface area contributed by atoms with E-state index in [1.807, 2.05) is 6.07 Å². The molecule has 0 spiro atoms. The number of carbonyl (C=O) groups is 2. The van der Waals surface area contributed by atoms with Gasteiger partial charge in [0.25, 0.3) is 0 Å². The van der Waals surface area contributed by atoms with E-state index >= 15 is 0 Å². The van der Waals surface area contributed by atoms with Gasteiger partial charge in [-0.2, -0.15) is 0 Å². The van der Waals surface area contributed by atoms with Crippen molar-refractivity contribution < 1.29 is 14.0 Å². The molecule has 8 heteroatoms. The van der Waals surface area contributed by atoms with Crippen LogP contribution in [0.2, 0.25) is 0 Å². The first-order valence-corrected chi connectivity index (χ1v) is 9.89. The monoisotopic (exact) mass is 388 g/mol. The molecule has 3 amide bonds. The predicted octanol–water partition coefficient (Wildman–Crippen LogP) is 3.12. The number of benzene rings is 1. The lowest BCUT2D eigenvalue weighted by molar-refractivity contribution is -0.116. The number of anilines is 2. The Labute approximate surface area is 161 Å². The minimum Gasteiger partial charge on any atom is -0.324 e. The van der Waals surface area contributed by atoms with Gasteiger partial charge in [-0.25, -0.2) is 9.18 Å². The van der Waals surface area contributed by atoms with Crippen LogP contribution in [0.3, 0.4) is 0 Å². The van der Waals surface area contributed by atoms with Crippen molar-refractivity contribution in [1.82, 2.24) is 9.80 Å². The van der Waals surface area contributed by atoms with Gasteiger partial charge in [-0.1, -0.05) is 6.07 Å². The average molecular weight is 388 g/mol. The molecule has 0 bridgehead atoms. The summed E-state index contributed by atoms with van der Waals surface area (Å²) < 4.78 is 13.9. The molecule has 0 unspecified atom stereocenters. The van der Waals surface area contributed by atoms with E-state index in [2.05, 4.69) is 27.0 Å². The van der Waals surface area contributed by atoms with E-state index < -0.39 is 5.82 Å². The SMILES string of the molecule is O=C1CCc2cc(F)cc(NC(=O)N3CCN(Cc4cccs4)CC3)c2N1. The molecule has 2 N–H and O–H groups in total. The minimum absolute atomic E-state index is 0.119. The van der Waals surface area contributed by atoms with Crippen LogP contribution in [0.15, 0.2) is 29.6 Å². The smallest absolute Gasteiger partial charge is 0.321 e. The third-order valence-electron chi connectivity index (χ3n) is 4.93. The highest BCUT2D eigenvalue weighted by Crippen LogP contribution is 2.32. The van der Waals surface area contributed by atoms with E-state index in [0.29, 0.717) is 42.9 Å². The Balaban J connectivity index is 1.39. The number of rotatable bonds is 3. The second-order valence-corrected chi connectivity index (χ2v) is 7.84. The van der Waals surface area contributed by atoms with Gasteiger partial charge in [-0.05, 0) is 35.6 Å². The van der Waals surface area contributed by atoms with Crippen LogP contribution in [-0.2, 0) is 17.8 Å². The molecule has 0 radical (unpaired) electrons. The maximum atomic E-state index is 13.9. The molecule has 1 saturated heterocycles. The summed E-state index contributed by atoms with van der Waals surface area (Å²) in [5.41, 5.74) is 1.55. The maximum absolute atomic E-state index is 13.9. The predicted molar refractivity (Wildman–Crippen MR) is 104 cm³/mol. The molecular weight excluding hydrogens is 367 g/mol. The molecule has 142 valence electrons. The molecule has 2 aromatic rings. The van der Waals surface area contributed by atoms with Gasteiger partial charge < -0.3 is 15.5 Å². The third kappa shape index (κ3) is 4.12. The van der Waals surface area contributed by atoms with Crippen LogP contribution < -0.4 is 10.6 Å². The summed E-state index contributed by atoms with van der Waals surface area (Å²) in [6, 6.07) is 6.56. The molecule has 1 fully saturated rings. The number of fused-ring (bicyclic) bond motifs is 1. The van der Waals surface area contributed by atoms with Crippen molar-refractivity contribution in [2.75, 3.05) is 36.8 Å². The molecule has 27 heavy (non-hydrogen) atoms. The number of amides is 3. The molecule has 1 aromatic carbocycles. The first kappa shape index (κ1) is 17.9. The largest absolute Gasteiger partial charge is 0.324 e. The van der Waals surface area contributed by atoms with Crippen molar-refractivity contribution in [3.05, 3.63) is 45.9 Å². The van der Waals surface area contributed by atoms with E-state index in [-0.39, 0.29) is 11.9 Å². The van der Waals surface area contributed by atoms with Crippen molar-refractivity contribution in [2.24, 2.45) is 0 Å². The maximum Gasteiger partial charge on any atom is 0.321 e. The number of hydrogen-bond acceptors (Lipinski definition) is 4. The second kappa shape index (κ2) is 7.66. The molecule has 1 aromatic heterocycles. The molecule has 0 saturated carbocycles. The first-order chi connectivity index (χ1) is 13.1. The quantitative estimate of drug-likeness (QED) is 0.849. The van der Waals surface area contributed by atoms with Crippen LogP contribution in [0.5, 0.6) is 0 Å². The summed E-state index contributed by atoms with van der Waals surface area (Å²) in [5, 5.41) is 7.59. The summed E-state index contributed by atoms with van der Waals surface area (Å²) in [7, 11) is 0. The lowest BCUT2D eigenvalue weighted by atomic mass is 10.0. The Hall–Kier alpha value is -2.45. The number of thiophene rings is 1. The number of halogens is 1. The summed E-state index contributed by atoms with van der Waals surface area (Å²) in [6.07, 6.45) is 0.805. The fourth-order valence-corrected chi connectivity index (χ4v) is 4.23. The van der Waals surface area contributed by atoms with Gasteiger partial charge >= 0.3 is 6.03 Å². The number of piperazine rings is 1. The summed E-state index contributed by atoms with van der Waals surface area (Å²) >= 11 is 1.74. The number of nitrogens with one attached hydrogen (secondary N) is 2.